The summed E-state index contributed by atoms with van der Waals surface area (Å²) >= 11 is 5.91. The number of halogens is 1. The van der Waals surface area contributed by atoms with Crippen LogP contribution in [0.25, 0.3) is 11.4 Å². The number of aromatic amines is 1. The Morgan fingerprint density at radius 3 is 2.76 bits per heavy atom. The van der Waals surface area contributed by atoms with E-state index in [0.717, 1.165) is 53.6 Å². The fourth-order valence-electron chi connectivity index (χ4n) is 2.81. The molecular formula is C16H16ClN3O. The van der Waals surface area contributed by atoms with Crippen molar-refractivity contribution in [1.29, 1.82) is 0 Å². The number of amides is 1. The molecule has 1 aromatic carbocycles. The number of fused-ring (bicyclic) bond motifs is 1. The molecule has 0 radical (unpaired) electrons. The second kappa shape index (κ2) is 4.88. The van der Waals surface area contributed by atoms with Gasteiger partial charge in [-0.1, -0.05) is 11.6 Å². The van der Waals surface area contributed by atoms with Gasteiger partial charge in [0.25, 0.3) is 0 Å². The summed E-state index contributed by atoms with van der Waals surface area (Å²) in [7, 11) is 0. The lowest BCUT2D eigenvalue weighted by Crippen LogP contribution is -2.36. The van der Waals surface area contributed by atoms with Gasteiger partial charge >= 0.3 is 0 Å². The Balaban J connectivity index is 1.58. The van der Waals surface area contributed by atoms with Crippen LogP contribution in [0.15, 0.2) is 24.3 Å². The molecule has 108 valence electrons. The molecule has 0 bridgehead atoms. The first-order chi connectivity index (χ1) is 10.2. The Hall–Kier alpha value is -1.81. The van der Waals surface area contributed by atoms with E-state index in [-0.39, 0.29) is 5.92 Å². The van der Waals surface area contributed by atoms with Crippen molar-refractivity contribution in [2.24, 2.45) is 5.92 Å². The van der Waals surface area contributed by atoms with Crippen molar-refractivity contribution in [3.05, 3.63) is 40.7 Å². The maximum absolute atomic E-state index is 12.2. The molecule has 1 aliphatic heterocycles. The number of imidazole rings is 1. The van der Waals surface area contributed by atoms with Gasteiger partial charge < -0.3 is 9.88 Å². The molecule has 4 nitrogen and oxygen atoms in total. The quantitative estimate of drug-likeness (QED) is 0.927. The summed E-state index contributed by atoms with van der Waals surface area (Å²) in [6, 6.07) is 7.64. The molecule has 1 saturated carbocycles. The zero-order valence-corrected chi connectivity index (χ0v) is 12.4. The molecule has 0 saturated heterocycles. The monoisotopic (exact) mass is 301 g/mol. The van der Waals surface area contributed by atoms with Crippen molar-refractivity contribution in [3.63, 3.8) is 0 Å². The Labute approximate surface area is 128 Å². The van der Waals surface area contributed by atoms with Gasteiger partial charge in [-0.25, -0.2) is 4.98 Å². The summed E-state index contributed by atoms with van der Waals surface area (Å²) in [5.41, 5.74) is 3.17. The van der Waals surface area contributed by atoms with Gasteiger partial charge in [-0.05, 0) is 37.1 Å². The molecule has 0 spiro atoms. The van der Waals surface area contributed by atoms with Crippen LogP contribution in [0, 0.1) is 5.92 Å². The van der Waals surface area contributed by atoms with E-state index in [1.807, 2.05) is 29.2 Å². The molecule has 2 heterocycles. The maximum Gasteiger partial charge on any atom is 0.226 e. The molecule has 1 aliphatic carbocycles. The number of rotatable bonds is 2. The first kappa shape index (κ1) is 12.9. The van der Waals surface area contributed by atoms with Gasteiger partial charge in [-0.3, -0.25) is 4.79 Å². The average molecular weight is 302 g/mol. The summed E-state index contributed by atoms with van der Waals surface area (Å²) in [5.74, 6) is 1.45. The smallest absolute Gasteiger partial charge is 0.226 e. The number of nitrogens with zero attached hydrogens (tertiary/aromatic N) is 2. The van der Waals surface area contributed by atoms with Crippen LogP contribution in [0.2, 0.25) is 5.02 Å². The molecular weight excluding hydrogens is 286 g/mol. The molecule has 0 unspecified atom stereocenters. The number of aromatic nitrogens is 2. The van der Waals surface area contributed by atoms with Gasteiger partial charge in [-0.15, -0.1) is 0 Å². The van der Waals surface area contributed by atoms with E-state index in [9.17, 15) is 4.79 Å². The third kappa shape index (κ3) is 2.44. The molecule has 2 aliphatic rings. The van der Waals surface area contributed by atoms with Crippen LogP contribution < -0.4 is 0 Å². The lowest BCUT2D eigenvalue weighted by atomic mass is 10.1. The van der Waals surface area contributed by atoms with Gasteiger partial charge in [0.2, 0.25) is 5.91 Å². The molecule has 5 heteroatoms. The van der Waals surface area contributed by atoms with Crippen molar-refractivity contribution in [2.75, 3.05) is 6.54 Å². The highest BCUT2D eigenvalue weighted by Crippen LogP contribution is 2.33. The van der Waals surface area contributed by atoms with Gasteiger partial charge in [0.1, 0.15) is 5.82 Å². The summed E-state index contributed by atoms with van der Waals surface area (Å²) in [6.45, 7) is 1.44. The van der Waals surface area contributed by atoms with E-state index in [4.69, 9.17) is 11.6 Å². The van der Waals surface area contributed by atoms with E-state index in [2.05, 4.69) is 9.97 Å². The van der Waals surface area contributed by atoms with Gasteiger partial charge in [0.15, 0.2) is 0 Å². The van der Waals surface area contributed by atoms with Crippen LogP contribution in [-0.4, -0.2) is 27.3 Å². The first-order valence-corrected chi connectivity index (χ1v) is 7.71. The predicted molar refractivity (Wildman–Crippen MR) is 80.9 cm³/mol. The highest BCUT2D eigenvalue weighted by Gasteiger charge is 2.35. The van der Waals surface area contributed by atoms with E-state index in [1.54, 1.807) is 0 Å². The fraction of sp³-hybridized carbons (Fsp3) is 0.375. The second-order valence-corrected chi connectivity index (χ2v) is 6.24. The van der Waals surface area contributed by atoms with Gasteiger partial charge in [0.05, 0.1) is 17.9 Å². The Kier molecular flexibility index (Phi) is 3.00. The SMILES string of the molecule is O=C(C1CC1)N1CCc2nc(-c3ccc(Cl)cc3)[nH]c2C1. The third-order valence-electron chi connectivity index (χ3n) is 4.19. The standard InChI is InChI=1S/C16H16ClN3O/c17-12-5-3-10(4-6-12)15-18-13-7-8-20(9-14(13)19-15)16(21)11-1-2-11/h3-6,11H,1-2,7-9H2,(H,18,19). The topological polar surface area (TPSA) is 49.0 Å². The van der Waals surface area contributed by atoms with Gasteiger partial charge in [0, 0.05) is 29.5 Å². The normalized spacial score (nSPS) is 17.7. The summed E-state index contributed by atoms with van der Waals surface area (Å²) in [5, 5.41) is 0.719. The molecule has 1 N–H and O–H groups in total. The molecule has 1 aromatic heterocycles. The Bertz CT molecular complexity index is 688. The molecule has 1 fully saturated rings. The van der Waals surface area contributed by atoms with Crippen LogP contribution >= 0.6 is 11.6 Å². The summed E-state index contributed by atoms with van der Waals surface area (Å²) < 4.78 is 0. The second-order valence-electron chi connectivity index (χ2n) is 5.80. The predicted octanol–water partition coefficient (Wildman–Crippen LogP) is 3.02. The number of hydrogen-bond donors (Lipinski definition) is 1. The van der Waals surface area contributed by atoms with E-state index in [1.165, 1.54) is 0 Å². The van der Waals surface area contributed by atoms with E-state index in [0.29, 0.717) is 12.5 Å². The third-order valence-corrected chi connectivity index (χ3v) is 4.44. The van der Waals surface area contributed by atoms with Crippen LogP contribution in [0.5, 0.6) is 0 Å². The lowest BCUT2D eigenvalue weighted by molar-refractivity contribution is -0.133. The molecule has 21 heavy (non-hydrogen) atoms. The largest absolute Gasteiger partial charge is 0.340 e. The Morgan fingerprint density at radius 1 is 1.29 bits per heavy atom. The number of carbonyl (C=O) groups is 1. The highest BCUT2D eigenvalue weighted by atomic mass is 35.5. The zero-order valence-electron chi connectivity index (χ0n) is 11.6. The first-order valence-electron chi connectivity index (χ1n) is 7.33. The van der Waals surface area contributed by atoms with Crippen LogP contribution in [0.4, 0.5) is 0 Å². The number of H-pyrrole nitrogens is 1. The highest BCUT2D eigenvalue weighted by molar-refractivity contribution is 6.30. The van der Waals surface area contributed by atoms with Crippen molar-refractivity contribution >= 4 is 17.5 Å². The van der Waals surface area contributed by atoms with E-state index < -0.39 is 0 Å². The summed E-state index contributed by atoms with van der Waals surface area (Å²) in [6.07, 6.45) is 2.94. The van der Waals surface area contributed by atoms with Gasteiger partial charge in [-0.2, -0.15) is 0 Å². The maximum atomic E-state index is 12.2. The molecule has 2 aromatic rings. The number of hydrogen-bond acceptors (Lipinski definition) is 2. The lowest BCUT2D eigenvalue weighted by Gasteiger charge is -2.26. The molecule has 1 amide bonds. The fourth-order valence-corrected chi connectivity index (χ4v) is 2.94. The van der Waals surface area contributed by atoms with Crippen molar-refractivity contribution in [1.82, 2.24) is 14.9 Å². The van der Waals surface area contributed by atoms with Crippen molar-refractivity contribution < 1.29 is 4.79 Å². The number of carbonyl (C=O) groups excluding carboxylic acids is 1. The number of nitrogens with one attached hydrogen (secondary N) is 1. The Morgan fingerprint density at radius 2 is 2.05 bits per heavy atom. The van der Waals surface area contributed by atoms with Crippen LogP contribution in [0.1, 0.15) is 24.2 Å². The minimum atomic E-state index is 0.283. The minimum Gasteiger partial charge on any atom is -0.340 e. The summed E-state index contributed by atoms with van der Waals surface area (Å²) in [4.78, 5) is 22.2. The molecule has 4 rings (SSSR count). The molecule has 0 atom stereocenters. The average Bonchev–Trinajstić information content (AvgIpc) is 3.26. The van der Waals surface area contributed by atoms with Crippen LogP contribution in [-0.2, 0) is 17.8 Å². The van der Waals surface area contributed by atoms with Crippen molar-refractivity contribution in [3.8, 4) is 11.4 Å². The van der Waals surface area contributed by atoms with Crippen LogP contribution in [0.3, 0.4) is 0 Å². The van der Waals surface area contributed by atoms with E-state index >= 15 is 0 Å². The zero-order chi connectivity index (χ0) is 14.4. The van der Waals surface area contributed by atoms with Crippen molar-refractivity contribution in [2.45, 2.75) is 25.8 Å². The number of benzene rings is 1. The minimum absolute atomic E-state index is 0.283.